The van der Waals surface area contributed by atoms with Crippen LogP contribution in [0, 0.1) is 10.7 Å². The zero-order chi connectivity index (χ0) is 28.6. The second-order valence-electron chi connectivity index (χ2n) is 7.28. The zero-order valence-electron chi connectivity index (χ0n) is 20.0. The van der Waals surface area contributed by atoms with Gasteiger partial charge < -0.3 is 24.4 Å². The average molecular weight is 875 g/mol. The first-order valence-corrected chi connectivity index (χ1v) is 13.8. The van der Waals surface area contributed by atoms with Crippen LogP contribution in [0.4, 0.5) is 5.69 Å². The predicted molar refractivity (Wildman–Crippen MR) is 158 cm³/mol. The number of anilines is 1. The van der Waals surface area contributed by atoms with Crippen LogP contribution in [0.15, 0.2) is 12.7 Å². The van der Waals surface area contributed by atoms with Gasteiger partial charge in [-0.25, -0.2) is 0 Å². The number of nitrogens with one attached hydrogen (secondary N) is 1. The molecule has 0 aliphatic rings. The van der Waals surface area contributed by atoms with Gasteiger partial charge in [-0.05, 0) is 79.4 Å². The van der Waals surface area contributed by atoms with E-state index in [4.69, 9.17) is 25.8 Å². The highest BCUT2D eigenvalue weighted by molar-refractivity contribution is 14.1. The van der Waals surface area contributed by atoms with E-state index in [1.54, 1.807) is 0 Å². The largest absolute Gasteiger partial charge is 0.462 e. The highest BCUT2D eigenvalue weighted by atomic mass is 127. The summed E-state index contributed by atoms with van der Waals surface area (Å²) in [6.45, 7) is 6.30. The van der Waals surface area contributed by atoms with Gasteiger partial charge in [0.25, 0.3) is 17.1 Å². The summed E-state index contributed by atoms with van der Waals surface area (Å²) in [4.78, 5) is 75.3. The molecular formula is C22H22ClI3N2O9. The second-order valence-corrected chi connectivity index (χ2v) is 10.9. The molecule has 15 heteroatoms. The molecule has 2 unspecified atom stereocenters. The number of esters is 3. The standard InChI is InChI=1S/C22H22ClI3N2O9/c1-6-7-28(5)22(34)14-13(20(23)32)15(24)16(25)17(26)18(14)27-21(33)19(37-11(4)31)12(36-10(3)30)8-35-9(2)29/h6,12,19H,1,7-8H2,2-5H3,(H,27,33). The normalized spacial score (nSPS) is 12.0. The van der Waals surface area contributed by atoms with Gasteiger partial charge in [-0.15, -0.1) is 6.58 Å². The predicted octanol–water partition coefficient (Wildman–Crippen LogP) is 3.50. The summed E-state index contributed by atoms with van der Waals surface area (Å²) in [6, 6.07) is 0. The minimum Gasteiger partial charge on any atom is -0.462 e. The molecule has 1 aromatic carbocycles. The van der Waals surface area contributed by atoms with Gasteiger partial charge in [-0.1, -0.05) is 6.08 Å². The van der Waals surface area contributed by atoms with Crippen LogP contribution in [0.25, 0.3) is 0 Å². The first kappa shape index (κ1) is 33.5. The number of rotatable bonds is 11. The van der Waals surface area contributed by atoms with E-state index in [9.17, 15) is 28.8 Å². The maximum absolute atomic E-state index is 13.4. The van der Waals surface area contributed by atoms with E-state index in [-0.39, 0.29) is 23.4 Å². The Kier molecular flexibility index (Phi) is 13.7. The van der Waals surface area contributed by atoms with Crippen molar-refractivity contribution in [2.24, 2.45) is 0 Å². The lowest BCUT2D eigenvalue weighted by molar-refractivity contribution is -0.175. The minimum absolute atomic E-state index is 0.0773. The van der Waals surface area contributed by atoms with E-state index in [1.807, 2.05) is 67.8 Å². The third kappa shape index (κ3) is 9.31. The molecule has 1 rings (SSSR count). The van der Waals surface area contributed by atoms with Crippen molar-refractivity contribution in [2.45, 2.75) is 33.0 Å². The van der Waals surface area contributed by atoms with Crippen LogP contribution < -0.4 is 5.32 Å². The molecule has 1 aromatic rings. The first-order valence-electron chi connectivity index (χ1n) is 10.2. The third-order valence-corrected chi connectivity index (χ3v) is 9.88. The van der Waals surface area contributed by atoms with Gasteiger partial charge in [-0.3, -0.25) is 28.8 Å². The SMILES string of the molecule is C=CCN(C)C(=O)c1c(NC(=O)C(OC(C)=O)C(COC(C)=O)OC(C)=O)c(I)c(I)c(I)c1C(=O)Cl. The maximum atomic E-state index is 13.4. The third-order valence-electron chi connectivity index (χ3n) is 4.39. The second kappa shape index (κ2) is 15.2. The van der Waals surface area contributed by atoms with Crippen LogP contribution in [0.1, 0.15) is 41.5 Å². The number of hydrogen-bond acceptors (Lipinski definition) is 9. The Morgan fingerprint density at radius 2 is 1.51 bits per heavy atom. The summed E-state index contributed by atoms with van der Waals surface area (Å²) < 4.78 is 16.4. The van der Waals surface area contributed by atoms with Crippen LogP contribution in [-0.2, 0) is 33.4 Å². The molecule has 0 fully saturated rings. The summed E-state index contributed by atoms with van der Waals surface area (Å²) >= 11 is 11.5. The van der Waals surface area contributed by atoms with Gasteiger partial charge in [0.05, 0.1) is 20.4 Å². The molecule has 0 aliphatic heterocycles. The van der Waals surface area contributed by atoms with Gasteiger partial charge in [0.1, 0.15) is 6.61 Å². The molecular weight excluding hydrogens is 852 g/mol. The summed E-state index contributed by atoms with van der Waals surface area (Å²) in [5, 5.41) is 1.58. The lowest BCUT2D eigenvalue weighted by Gasteiger charge is -2.27. The molecule has 202 valence electrons. The molecule has 0 radical (unpaired) electrons. The molecule has 0 saturated carbocycles. The summed E-state index contributed by atoms with van der Waals surface area (Å²) in [5.41, 5.74) is -0.409. The number of halogens is 4. The molecule has 2 amide bonds. The van der Waals surface area contributed by atoms with E-state index in [2.05, 4.69) is 11.9 Å². The fraction of sp³-hybridized carbons (Fsp3) is 0.364. The number of amides is 2. The molecule has 2 atom stereocenters. The summed E-state index contributed by atoms with van der Waals surface area (Å²) in [6.07, 6.45) is -1.82. The van der Waals surface area contributed by atoms with Crippen molar-refractivity contribution in [3.8, 4) is 0 Å². The number of carbonyl (C=O) groups excluding carboxylic acids is 6. The quantitative estimate of drug-likeness (QED) is 0.0883. The fourth-order valence-electron chi connectivity index (χ4n) is 2.91. The number of ether oxygens (including phenoxy) is 3. The maximum Gasteiger partial charge on any atom is 0.303 e. The number of benzene rings is 1. The van der Waals surface area contributed by atoms with Gasteiger partial charge in [0.15, 0.2) is 6.10 Å². The molecule has 11 nitrogen and oxygen atoms in total. The summed E-state index contributed by atoms with van der Waals surface area (Å²) in [5.74, 6) is -4.13. The van der Waals surface area contributed by atoms with Crippen LogP contribution in [0.2, 0.25) is 0 Å². The lowest BCUT2D eigenvalue weighted by Crippen LogP contribution is -2.46. The molecule has 0 aliphatic carbocycles. The zero-order valence-corrected chi connectivity index (χ0v) is 27.2. The Balaban J connectivity index is 3.76. The van der Waals surface area contributed by atoms with Crippen molar-refractivity contribution in [3.05, 3.63) is 34.5 Å². The highest BCUT2D eigenvalue weighted by Gasteiger charge is 2.37. The van der Waals surface area contributed by atoms with Crippen molar-refractivity contribution < 1.29 is 43.0 Å². The van der Waals surface area contributed by atoms with E-state index in [0.717, 1.165) is 20.8 Å². The van der Waals surface area contributed by atoms with Crippen molar-refractivity contribution >= 4 is 120 Å². The molecule has 0 aromatic heterocycles. The Bertz CT molecular complexity index is 1140. The van der Waals surface area contributed by atoms with E-state index in [0.29, 0.717) is 10.7 Å². The van der Waals surface area contributed by atoms with Crippen molar-refractivity contribution in [1.29, 1.82) is 0 Å². The topological polar surface area (TPSA) is 145 Å². The number of carbonyl (C=O) groups is 6. The number of hydrogen-bond donors (Lipinski definition) is 1. The molecule has 0 spiro atoms. The lowest BCUT2D eigenvalue weighted by atomic mass is 10.0. The van der Waals surface area contributed by atoms with Gasteiger partial charge in [0, 0.05) is 41.5 Å². The minimum atomic E-state index is -1.78. The highest BCUT2D eigenvalue weighted by Crippen LogP contribution is 2.37. The Morgan fingerprint density at radius 1 is 0.946 bits per heavy atom. The monoisotopic (exact) mass is 874 g/mol. The van der Waals surface area contributed by atoms with Crippen LogP contribution in [0.5, 0.6) is 0 Å². The summed E-state index contributed by atoms with van der Waals surface area (Å²) in [7, 11) is 1.47. The van der Waals surface area contributed by atoms with E-state index < -0.39 is 53.8 Å². The van der Waals surface area contributed by atoms with Crippen LogP contribution in [-0.4, -0.2) is 72.3 Å². The molecule has 1 N–H and O–H groups in total. The van der Waals surface area contributed by atoms with Crippen molar-refractivity contribution in [2.75, 3.05) is 25.5 Å². The van der Waals surface area contributed by atoms with Gasteiger partial charge in [0.2, 0.25) is 6.10 Å². The van der Waals surface area contributed by atoms with E-state index in [1.165, 1.54) is 18.0 Å². The first-order chi connectivity index (χ1) is 17.1. The Hall–Kier alpha value is -1.54. The van der Waals surface area contributed by atoms with Crippen molar-refractivity contribution in [3.63, 3.8) is 0 Å². The fourth-order valence-corrected chi connectivity index (χ4v) is 5.77. The molecule has 37 heavy (non-hydrogen) atoms. The number of nitrogens with zero attached hydrogens (tertiary/aromatic N) is 1. The molecule has 0 saturated heterocycles. The van der Waals surface area contributed by atoms with Crippen LogP contribution >= 0.6 is 79.4 Å². The van der Waals surface area contributed by atoms with E-state index >= 15 is 0 Å². The van der Waals surface area contributed by atoms with Gasteiger partial charge in [-0.2, -0.15) is 0 Å². The van der Waals surface area contributed by atoms with Crippen LogP contribution in [0.3, 0.4) is 0 Å². The Labute approximate surface area is 258 Å². The average Bonchev–Trinajstić information content (AvgIpc) is 2.79. The Morgan fingerprint density at radius 3 is 1.97 bits per heavy atom. The molecule has 0 heterocycles. The van der Waals surface area contributed by atoms with Crippen molar-refractivity contribution in [1.82, 2.24) is 4.90 Å². The molecule has 0 bridgehead atoms. The smallest absolute Gasteiger partial charge is 0.303 e. The number of likely N-dealkylation sites (N-methyl/N-ethyl adjacent to an activating group) is 1. The van der Waals surface area contributed by atoms with Gasteiger partial charge >= 0.3 is 17.9 Å².